The van der Waals surface area contributed by atoms with Crippen molar-refractivity contribution in [2.75, 3.05) is 0 Å². The van der Waals surface area contributed by atoms with Crippen molar-refractivity contribution in [2.45, 2.75) is 32.9 Å². The van der Waals surface area contributed by atoms with E-state index in [0.29, 0.717) is 6.04 Å². The van der Waals surface area contributed by atoms with E-state index in [1.807, 2.05) is 6.92 Å². The van der Waals surface area contributed by atoms with Gasteiger partial charge in [0.2, 0.25) is 0 Å². The molecule has 2 N–H and O–H groups in total. The van der Waals surface area contributed by atoms with Crippen molar-refractivity contribution >= 4 is 11.3 Å². The smallest absolute Gasteiger partial charge is 0.0640 e. The summed E-state index contributed by atoms with van der Waals surface area (Å²) in [6, 6.07) is 4.70. The fourth-order valence-electron chi connectivity index (χ4n) is 1.65. The van der Waals surface area contributed by atoms with Crippen molar-refractivity contribution in [3.63, 3.8) is 0 Å². The Hall–Kier alpha value is -1.13. The molecule has 0 amide bonds. The molecule has 0 fully saturated rings. The topological polar surface area (TPSA) is 40.7 Å². The molecule has 16 heavy (non-hydrogen) atoms. The highest BCUT2D eigenvalue weighted by Gasteiger charge is 2.05. The molecule has 2 heterocycles. The highest BCUT2D eigenvalue weighted by atomic mass is 32.1. The summed E-state index contributed by atoms with van der Waals surface area (Å²) in [4.78, 5) is 0. The highest BCUT2D eigenvalue weighted by molar-refractivity contribution is 7.07. The summed E-state index contributed by atoms with van der Waals surface area (Å²) in [5, 5.41) is 15.0. The van der Waals surface area contributed by atoms with Gasteiger partial charge in [-0.05, 0) is 42.3 Å². The molecule has 0 aliphatic heterocycles. The van der Waals surface area contributed by atoms with Gasteiger partial charge < -0.3 is 5.32 Å². The van der Waals surface area contributed by atoms with Gasteiger partial charge in [0.15, 0.2) is 0 Å². The van der Waals surface area contributed by atoms with Gasteiger partial charge in [0, 0.05) is 24.7 Å². The van der Waals surface area contributed by atoms with Gasteiger partial charge in [-0.3, -0.25) is 5.10 Å². The Bertz CT molecular complexity index is 419. The second kappa shape index (κ2) is 5.27. The normalized spacial score (nSPS) is 12.9. The summed E-state index contributed by atoms with van der Waals surface area (Å²) in [7, 11) is 0. The van der Waals surface area contributed by atoms with Crippen LogP contribution >= 0.6 is 11.3 Å². The zero-order chi connectivity index (χ0) is 11.4. The first kappa shape index (κ1) is 11.4. The van der Waals surface area contributed by atoms with E-state index in [1.165, 1.54) is 5.56 Å². The molecule has 0 aliphatic carbocycles. The second-order valence-electron chi connectivity index (χ2n) is 4.16. The maximum Gasteiger partial charge on any atom is 0.0640 e. The molecule has 0 aliphatic rings. The first-order valence-electron chi connectivity index (χ1n) is 5.49. The monoisotopic (exact) mass is 235 g/mol. The number of hydrogen-bond acceptors (Lipinski definition) is 3. The number of aryl methyl sites for hydroxylation is 1. The highest BCUT2D eigenvalue weighted by Crippen LogP contribution is 2.07. The molecule has 0 bridgehead atoms. The molecule has 1 unspecified atom stereocenters. The van der Waals surface area contributed by atoms with E-state index in [-0.39, 0.29) is 0 Å². The van der Waals surface area contributed by atoms with Gasteiger partial charge in [0.05, 0.1) is 5.69 Å². The molecular weight excluding hydrogens is 218 g/mol. The Morgan fingerprint density at radius 2 is 2.44 bits per heavy atom. The lowest BCUT2D eigenvalue weighted by Gasteiger charge is -2.11. The zero-order valence-electron chi connectivity index (χ0n) is 9.66. The van der Waals surface area contributed by atoms with Gasteiger partial charge in [0.25, 0.3) is 0 Å². The lowest BCUT2D eigenvalue weighted by Crippen LogP contribution is -2.27. The number of rotatable bonds is 5. The fraction of sp³-hybridized carbons (Fsp3) is 0.417. The average Bonchev–Trinajstić information content (AvgIpc) is 2.87. The third-order valence-electron chi connectivity index (χ3n) is 2.51. The molecule has 4 heteroatoms. The van der Waals surface area contributed by atoms with Crippen molar-refractivity contribution in [3.8, 4) is 0 Å². The molecule has 0 spiro atoms. The van der Waals surface area contributed by atoms with Crippen molar-refractivity contribution in [3.05, 3.63) is 39.8 Å². The molecular formula is C12H17N3S. The van der Waals surface area contributed by atoms with Crippen LogP contribution in [-0.2, 0) is 13.0 Å². The summed E-state index contributed by atoms with van der Waals surface area (Å²) in [6.45, 7) is 5.16. The third-order valence-corrected chi connectivity index (χ3v) is 3.24. The maximum atomic E-state index is 4.24. The van der Waals surface area contributed by atoms with E-state index in [2.05, 4.69) is 45.3 Å². The number of hydrogen-bond donors (Lipinski definition) is 2. The Morgan fingerprint density at radius 1 is 1.56 bits per heavy atom. The number of thiophene rings is 1. The van der Waals surface area contributed by atoms with Crippen LogP contribution in [0.3, 0.4) is 0 Å². The number of nitrogens with one attached hydrogen (secondary N) is 2. The van der Waals surface area contributed by atoms with E-state index >= 15 is 0 Å². The van der Waals surface area contributed by atoms with Crippen LogP contribution in [-0.4, -0.2) is 16.2 Å². The number of H-pyrrole nitrogens is 1. The summed E-state index contributed by atoms with van der Waals surface area (Å²) in [6.07, 6.45) is 0.967. The van der Waals surface area contributed by atoms with Crippen LogP contribution in [0.2, 0.25) is 0 Å². The Morgan fingerprint density at radius 3 is 3.06 bits per heavy atom. The minimum absolute atomic E-state index is 0.447. The summed E-state index contributed by atoms with van der Waals surface area (Å²) >= 11 is 1.74. The molecule has 0 radical (unpaired) electrons. The molecule has 2 aromatic heterocycles. The van der Waals surface area contributed by atoms with Crippen molar-refractivity contribution in [1.29, 1.82) is 0 Å². The lowest BCUT2D eigenvalue weighted by atomic mass is 10.1. The van der Waals surface area contributed by atoms with Crippen LogP contribution in [0.15, 0.2) is 22.9 Å². The van der Waals surface area contributed by atoms with Gasteiger partial charge in [-0.2, -0.15) is 16.4 Å². The predicted molar refractivity (Wildman–Crippen MR) is 67.6 cm³/mol. The molecule has 1 atom stereocenters. The minimum atomic E-state index is 0.447. The number of aromatic amines is 1. The molecule has 2 rings (SSSR count). The van der Waals surface area contributed by atoms with Crippen LogP contribution in [0.1, 0.15) is 23.9 Å². The number of aromatic nitrogens is 2. The molecule has 2 aromatic rings. The van der Waals surface area contributed by atoms with Crippen LogP contribution in [0.4, 0.5) is 0 Å². The van der Waals surface area contributed by atoms with Gasteiger partial charge in [0.1, 0.15) is 0 Å². The van der Waals surface area contributed by atoms with Crippen LogP contribution in [0.5, 0.6) is 0 Å². The third kappa shape index (κ3) is 3.18. The van der Waals surface area contributed by atoms with Gasteiger partial charge >= 0.3 is 0 Å². The Kier molecular flexibility index (Phi) is 3.74. The first-order valence-corrected chi connectivity index (χ1v) is 6.43. The van der Waals surface area contributed by atoms with E-state index < -0.39 is 0 Å². The fourth-order valence-corrected chi connectivity index (χ4v) is 2.32. The van der Waals surface area contributed by atoms with Crippen molar-refractivity contribution in [1.82, 2.24) is 15.5 Å². The summed E-state index contributed by atoms with van der Waals surface area (Å²) < 4.78 is 0. The number of nitrogens with zero attached hydrogens (tertiary/aromatic N) is 1. The second-order valence-corrected chi connectivity index (χ2v) is 4.94. The van der Waals surface area contributed by atoms with Gasteiger partial charge in [-0.1, -0.05) is 0 Å². The molecule has 86 valence electrons. The van der Waals surface area contributed by atoms with Crippen LogP contribution in [0.25, 0.3) is 0 Å². The maximum absolute atomic E-state index is 4.24. The van der Waals surface area contributed by atoms with E-state index in [1.54, 1.807) is 11.3 Å². The van der Waals surface area contributed by atoms with Crippen molar-refractivity contribution in [2.24, 2.45) is 0 Å². The predicted octanol–water partition coefficient (Wildman–Crippen LogP) is 2.50. The van der Waals surface area contributed by atoms with E-state index in [9.17, 15) is 0 Å². The molecule has 0 aromatic carbocycles. The van der Waals surface area contributed by atoms with Crippen molar-refractivity contribution < 1.29 is 0 Å². The van der Waals surface area contributed by atoms with Gasteiger partial charge in [-0.15, -0.1) is 0 Å². The van der Waals surface area contributed by atoms with Crippen LogP contribution < -0.4 is 5.32 Å². The molecule has 0 saturated heterocycles. The Labute approximate surface area is 99.9 Å². The van der Waals surface area contributed by atoms with Crippen LogP contribution in [0, 0.1) is 6.92 Å². The van der Waals surface area contributed by atoms with E-state index in [0.717, 1.165) is 24.4 Å². The largest absolute Gasteiger partial charge is 0.310 e. The quantitative estimate of drug-likeness (QED) is 0.836. The molecule has 3 nitrogen and oxygen atoms in total. The first-order chi connectivity index (χ1) is 7.74. The zero-order valence-corrected chi connectivity index (χ0v) is 10.5. The summed E-state index contributed by atoms with van der Waals surface area (Å²) in [5.41, 5.74) is 3.61. The SMILES string of the molecule is Cc1cc(CC(C)NCc2ccsc2)n[nH]1. The van der Waals surface area contributed by atoms with E-state index in [4.69, 9.17) is 0 Å². The standard InChI is InChI=1S/C12H17N3S/c1-9(5-12-6-10(2)14-15-12)13-7-11-3-4-16-8-11/h3-4,6,8-9,13H,5,7H2,1-2H3,(H,14,15). The molecule has 0 saturated carbocycles. The Balaban J connectivity index is 1.78. The summed E-state index contributed by atoms with van der Waals surface area (Å²) in [5.74, 6) is 0. The lowest BCUT2D eigenvalue weighted by molar-refractivity contribution is 0.540. The average molecular weight is 235 g/mol. The minimum Gasteiger partial charge on any atom is -0.310 e. The van der Waals surface area contributed by atoms with Gasteiger partial charge in [-0.25, -0.2) is 0 Å².